The first-order valence-corrected chi connectivity index (χ1v) is 11.2. The molecule has 0 radical (unpaired) electrons. The van der Waals surface area contributed by atoms with Gasteiger partial charge in [0.1, 0.15) is 11.7 Å². The quantitative estimate of drug-likeness (QED) is 0.624. The molecule has 0 aromatic heterocycles. The van der Waals surface area contributed by atoms with Crippen LogP contribution >= 0.6 is 0 Å². The van der Waals surface area contributed by atoms with Crippen LogP contribution < -0.4 is 10.2 Å². The number of carbonyl (C=O) groups excluding carboxylic acids is 1. The summed E-state index contributed by atoms with van der Waals surface area (Å²) < 4.78 is 48.6. The number of hydrogen-bond donors (Lipinski definition) is 1. The topological polar surface area (TPSA) is 116 Å². The SMILES string of the molecule is CCN(CC)c1cc(C)c(NC(=O)OCCS(=O)(=O)CS(=O)[O-])cc1C. The third-order valence-electron chi connectivity index (χ3n) is 3.79. The summed E-state index contributed by atoms with van der Waals surface area (Å²) in [6.45, 7) is 9.26. The highest BCUT2D eigenvalue weighted by Gasteiger charge is 2.14. The summed E-state index contributed by atoms with van der Waals surface area (Å²) in [5.41, 5.74) is 3.51. The summed E-state index contributed by atoms with van der Waals surface area (Å²) in [4.78, 5) is 14.1. The van der Waals surface area contributed by atoms with Crippen LogP contribution in [0.5, 0.6) is 0 Å². The number of rotatable bonds is 9. The van der Waals surface area contributed by atoms with E-state index in [1.165, 1.54) is 0 Å². The van der Waals surface area contributed by atoms with Crippen LogP contribution in [0.3, 0.4) is 0 Å². The molecular formula is C16H25N2O6S2-. The van der Waals surface area contributed by atoms with Crippen LogP contribution in [0.15, 0.2) is 12.1 Å². The van der Waals surface area contributed by atoms with Crippen LogP contribution in [0.1, 0.15) is 25.0 Å². The molecule has 1 aromatic rings. The highest BCUT2D eigenvalue weighted by Crippen LogP contribution is 2.27. The van der Waals surface area contributed by atoms with Crippen molar-refractivity contribution in [3.8, 4) is 0 Å². The minimum Gasteiger partial charge on any atom is -0.772 e. The number of carbonyl (C=O) groups is 1. The van der Waals surface area contributed by atoms with E-state index in [9.17, 15) is 22.0 Å². The summed E-state index contributed by atoms with van der Waals surface area (Å²) in [5, 5.41) is 1.60. The zero-order chi connectivity index (χ0) is 19.9. The van der Waals surface area contributed by atoms with Crippen molar-refractivity contribution in [1.29, 1.82) is 0 Å². The standard InChI is InChI=1S/C16H26N2O6S2/c1-5-18(6-2)15-10-12(3)14(9-13(15)4)17-16(19)24-7-8-26(22,23)11-25(20)21/h9-10H,5-8,11H2,1-4H3,(H,17,19)(H,20,21)/p-1. The minimum atomic E-state index is -3.81. The third kappa shape index (κ3) is 6.93. The van der Waals surface area contributed by atoms with E-state index >= 15 is 0 Å². The number of aryl methyl sites for hydroxylation is 2. The molecule has 1 N–H and O–H groups in total. The summed E-state index contributed by atoms with van der Waals surface area (Å²) in [6, 6.07) is 3.81. The predicted octanol–water partition coefficient (Wildman–Crippen LogP) is 1.95. The molecule has 0 fully saturated rings. The lowest BCUT2D eigenvalue weighted by Crippen LogP contribution is -2.24. The molecule has 8 nitrogen and oxygen atoms in total. The Labute approximate surface area is 157 Å². The Morgan fingerprint density at radius 3 is 2.38 bits per heavy atom. The Kier molecular flexibility index (Phi) is 8.51. The van der Waals surface area contributed by atoms with E-state index in [1.807, 2.05) is 26.0 Å². The Balaban J connectivity index is 2.70. The fourth-order valence-corrected chi connectivity index (χ4v) is 4.44. The number of amides is 1. The summed E-state index contributed by atoms with van der Waals surface area (Å²) in [7, 11) is -3.81. The number of anilines is 2. The van der Waals surface area contributed by atoms with Gasteiger partial charge in [0, 0.05) is 24.5 Å². The fraction of sp³-hybridized carbons (Fsp3) is 0.562. The molecule has 0 saturated carbocycles. The first-order valence-electron chi connectivity index (χ1n) is 8.15. The highest BCUT2D eigenvalue weighted by atomic mass is 32.3. The molecule has 1 aromatic carbocycles. The molecule has 0 saturated heterocycles. The molecule has 1 unspecified atom stereocenters. The van der Waals surface area contributed by atoms with Crippen LogP contribution in [-0.2, 0) is 25.7 Å². The molecule has 1 atom stereocenters. The van der Waals surface area contributed by atoms with E-state index in [-0.39, 0.29) is 0 Å². The average Bonchev–Trinajstić information content (AvgIpc) is 2.51. The van der Waals surface area contributed by atoms with Gasteiger partial charge in [-0.05, 0) is 62.0 Å². The molecule has 1 amide bonds. The average molecular weight is 406 g/mol. The lowest BCUT2D eigenvalue weighted by molar-refractivity contribution is 0.168. The van der Waals surface area contributed by atoms with Crippen LogP contribution in [0.2, 0.25) is 0 Å². The smallest absolute Gasteiger partial charge is 0.411 e. The van der Waals surface area contributed by atoms with Crippen LogP contribution in [0.25, 0.3) is 0 Å². The van der Waals surface area contributed by atoms with Gasteiger partial charge in [0.05, 0.1) is 5.75 Å². The van der Waals surface area contributed by atoms with Crippen molar-refractivity contribution in [1.82, 2.24) is 0 Å². The second-order valence-corrected chi connectivity index (χ2v) is 9.20. The first-order chi connectivity index (χ1) is 12.1. The zero-order valence-electron chi connectivity index (χ0n) is 15.4. The molecule has 0 aliphatic rings. The van der Waals surface area contributed by atoms with E-state index in [4.69, 9.17) is 4.74 Å². The second-order valence-electron chi connectivity index (χ2n) is 5.76. The van der Waals surface area contributed by atoms with Gasteiger partial charge in [0.15, 0.2) is 9.84 Å². The van der Waals surface area contributed by atoms with E-state index in [0.717, 1.165) is 29.9 Å². The summed E-state index contributed by atoms with van der Waals surface area (Å²) >= 11 is -2.69. The number of hydrogen-bond acceptors (Lipinski definition) is 7. The number of nitrogens with one attached hydrogen (secondary N) is 1. The summed E-state index contributed by atoms with van der Waals surface area (Å²) in [6.07, 6.45) is -0.790. The maximum absolute atomic E-state index is 11.9. The Morgan fingerprint density at radius 1 is 1.23 bits per heavy atom. The highest BCUT2D eigenvalue weighted by molar-refractivity contribution is 8.03. The number of sulfone groups is 1. The van der Waals surface area contributed by atoms with E-state index in [0.29, 0.717) is 5.69 Å². The Bertz CT molecular complexity index is 760. The van der Waals surface area contributed by atoms with Crippen LogP contribution in [-0.4, -0.2) is 53.8 Å². The minimum absolute atomic E-state index is 0.416. The molecule has 0 spiro atoms. The molecule has 0 aliphatic heterocycles. The molecule has 1 rings (SSSR count). The van der Waals surface area contributed by atoms with Gasteiger partial charge in [-0.3, -0.25) is 9.53 Å². The van der Waals surface area contributed by atoms with Crippen molar-refractivity contribution >= 4 is 38.4 Å². The number of nitrogens with zero attached hydrogens (tertiary/aromatic N) is 1. The van der Waals surface area contributed by atoms with Gasteiger partial charge in [0.25, 0.3) is 0 Å². The molecule has 0 aliphatic carbocycles. The first kappa shape index (κ1) is 22.4. The van der Waals surface area contributed by atoms with Crippen molar-refractivity contribution in [2.24, 2.45) is 0 Å². The van der Waals surface area contributed by atoms with Crippen LogP contribution in [0.4, 0.5) is 16.2 Å². The molecule has 26 heavy (non-hydrogen) atoms. The van der Waals surface area contributed by atoms with Gasteiger partial charge >= 0.3 is 6.09 Å². The maximum atomic E-state index is 11.9. The van der Waals surface area contributed by atoms with Crippen molar-refractivity contribution in [3.05, 3.63) is 23.3 Å². The van der Waals surface area contributed by atoms with E-state index in [2.05, 4.69) is 24.1 Å². The monoisotopic (exact) mass is 405 g/mol. The predicted molar refractivity (Wildman–Crippen MR) is 102 cm³/mol. The largest absolute Gasteiger partial charge is 0.772 e. The van der Waals surface area contributed by atoms with Gasteiger partial charge in [0.2, 0.25) is 0 Å². The molecule has 0 bridgehead atoms. The van der Waals surface area contributed by atoms with Gasteiger partial charge in [-0.15, -0.1) is 0 Å². The van der Waals surface area contributed by atoms with Crippen LogP contribution in [0, 0.1) is 13.8 Å². The Morgan fingerprint density at radius 2 is 1.85 bits per heavy atom. The molecule has 10 heteroatoms. The fourth-order valence-electron chi connectivity index (χ4n) is 2.45. The van der Waals surface area contributed by atoms with Crippen molar-refractivity contribution in [2.75, 3.05) is 40.8 Å². The van der Waals surface area contributed by atoms with E-state index < -0.39 is 44.5 Å². The lowest BCUT2D eigenvalue weighted by atomic mass is 10.1. The second kappa shape index (κ2) is 9.89. The lowest BCUT2D eigenvalue weighted by Gasteiger charge is -2.24. The van der Waals surface area contributed by atoms with Crippen molar-refractivity contribution in [2.45, 2.75) is 27.7 Å². The van der Waals surface area contributed by atoms with Crippen molar-refractivity contribution in [3.63, 3.8) is 0 Å². The molecule has 0 heterocycles. The normalized spacial score (nSPS) is 12.5. The maximum Gasteiger partial charge on any atom is 0.411 e. The van der Waals surface area contributed by atoms with Crippen molar-refractivity contribution < 1.29 is 26.7 Å². The number of benzene rings is 1. The molecule has 148 valence electrons. The summed E-state index contributed by atoms with van der Waals surface area (Å²) in [5.74, 6) is -0.548. The van der Waals surface area contributed by atoms with Gasteiger partial charge < -0.3 is 14.2 Å². The third-order valence-corrected chi connectivity index (χ3v) is 6.78. The van der Waals surface area contributed by atoms with E-state index in [1.54, 1.807) is 0 Å². The van der Waals surface area contributed by atoms with Gasteiger partial charge in [-0.1, -0.05) is 0 Å². The van der Waals surface area contributed by atoms with Gasteiger partial charge in [-0.25, -0.2) is 13.2 Å². The van der Waals surface area contributed by atoms with Gasteiger partial charge in [-0.2, -0.15) is 0 Å². The number of ether oxygens (including phenoxy) is 1. The Hall–Kier alpha value is -1.65. The molecular weight excluding hydrogens is 380 g/mol. The zero-order valence-corrected chi connectivity index (χ0v) is 17.0.